The minimum atomic E-state index is -1.11. The third-order valence-corrected chi connectivity index (χ3v) is 3.97. The molecule has 0 saturated carbocycles. The zero-order valence-electron chi connectivity index (χ0n) is 13.0. The van der Waals surface area contributed by atoms with Crippen LogP contribution in [0.3, 0.4) is 0 Å². The van der Waals surface area contributed by atoms with E-state index in [9.17, 15) is 23.5 Å². The molecule has 1 aromatic carbocycles. The second-order valence-corrected chi connectivity index (χ2v) is 5.67. The summed E-state index contributed by atoms with van der Waals surface area (Å²) in [6.07, 6.45) is -1.20. The molecule has 0 radical (unpaired) electrons. The summed E-state index contributed by atoms with van der Waals surface area (Å²) < 4.78 is 38.5. The molecule has 0 aliphatic carbocycles. The van der Waals surface area contributed by atoms with Crippen molar-refractivity contribution in [2.24, 2.45) is 0 Å². The van der Waals surface area contributed by atoms with Crippen LogP contribution in [-0.2, 0) is 16.1 Å². The number of halogens is 2. The average molecular weight is 354 g/mol. The van der Waals surface area contributed by atoms with Crippen LogP contribution >= 0.6 is 0 Å². The molecule has 134 valence electrons. The Morgan fingerprint density at radius 3 is 2.68 bits per heavy atom. The van der Waals surface area contributed by atoms with Crippen LogP contribution in [0.5, 0.6) is 0 Å². The number of aliphatic hydroxyl groups is 1. The molecule has 0 amide bonds. The van der Waals surface area contributed by atoms with E-state index in [1.165, 1.54) is 12.1 Å². The van der Waals surface area contributed by atoms with Crippen LogP contribution in [-0.4, -0.2) is 33.5 Å². The number of aromatic amines is 1. The van der Waals surface area contributed by atoms with Gasteiger partial charge in [-0.25, -0.2) is 9.18 Å². The van der Waals surface area contributed by atoms with Crippen molar-refractivity contribution in [2.75, 3.05) is 6.61 Å². The minimum Gasteiger partial charge on any atom is -0.394 e. The lowest BCUT2D eigenvalue weighted by Gasteiger charge is -2.16. The Bertz CT molecular complexity index is 849. The molecule has 1 aliphatic rings. The van der Waals surface area contributed by atoms with Crippen LogP contribution < -0.4 is 11.2 Å². The standard InChI is InChI=1S/C16H16F2N2O5/c17-10-3-1-9(2-4-10)8-24-12-5-14(25-13(12)7-21)20-6-11(18)15(22)19-16(20)23/h1-4,6,12-14,21H,5,7-8H2,(H,19,22,23)/t12?,13-,14-/m0/s1. The molecular formula is C16H16F2N2O5. The maximum atomic E-state index is 13.4. The molecule has 3 rings (SSSR count). The molecule has 2 aromatic rings. The number of hydrogen-bond acceptors (Lipinski definition) is 5. The smallest absolute Gasteiger partial charge is 0.330 e. The molecule has 7 nitrogen and oxygen atoms in total. The predicted octanol–water partition coefficient (Wildman–Crippen LogP) is 0.680. The van der Waals surface area contributed by atoms with E-state index >= 15 is 0 Å². The van der Waals surface area contributed by atoms with Gasteiger partial charge >= 0.3 is 5.69 Å². The molecule has 1 aliphatic heterocycles. The highest BCUT2D eigenvalue weighted by molar-refractivity contribution is 5.15. The van der Waals surface area contributed by atoms with Crippen LogP contribution in [0, 0.1) is 11.6 Å². The molecule has 3 atom stereocenters. The highest BCUT2D eigenvalue weighted by Crippen LogP contribution is 2.30. The number of nitrogens with zero attached hydrogens (tertiary/aromatic N) is 1. The lowest BCUT2D eigenvalue weighted by Crippen LogP contribution is -2.34. The van der Waals surface area contributed by atoms with Crippen LogP contribution in [0.25, 0.3) is 0 Å². The van der Waals surface area contributed by atoms with Crippen LogP contribution in [0.1, 0.15) is 18.2 Å². The first kappa shape index (κ1) is 17.5. The highest BCUT2D eigenvalue weighted by Gasteiger charge is 2.37. The van der Waals surface area contributed by atoms with E-state index in [2.05, 4.69) is 0 Å². The second-order valence-electron chi connectivity index (χ2n) is 5.67. The fourth-order valence-corrected chi connectivity index (χ4v) is 2.67. The number of hydrogen-bond donors (Lipinski definition) is 2. The highest BCUT2D eigenvalue weighted by atomic mass is 19.1. The molecule has 0 spiro atoms. The topological polar surface area (TPSA) is 93.6 Å². The SMILES string of the molecule is O=c1[nH]c(=O)n([C@@H]2CC(OCc3ccc(F)cc3)[C@H](CO)O2)cc1F. The largest absolute Gasteiger partial charge is 0.394 e. The van der Waals surface area contributed by atoms with Gasteiger partial charge in [-0.15, -0.1) is 0 Å². The zero-order chi connectivity index (χ0) is 18.0. The Morgan fingerprint density at radius 1 is 1.28 bits per heavy atom. The Kier molecular flexibility index (Phi) is 5.07. The fraction of sp³-hybridized carbons (Fsp3) is 0.375. The van der Waals surface area contributed by atoms with Crippen molar-refractivity contribution in [3.63, 3.8) is 0 Å². The summed E-state index contributed by atoms with van der Waals surface area (Å²) >= 11 is 0. The molecule has 0 bridgehead atoms. The summed E-state index contributed by atoms with van der Waals surface area (Å²) in [5.74, 6) is -1.47. The first-order valence-electron chi connectivity index (χ1n) is 7.61. The predicted molar refractivity (Wildman–Crippen MR) is 81.9 cm³/mol. The van der Waals surface area contributed by atoms with Gasteiger partial charge in [-0.2, -0.15) is 4.39 Å². The van der Waals surface area contributed by atoms with Gasteiger partial charge in [0.05, 0.1) is 25.5 Å². The average Bonchev–Trinajstić information content (AvgIpc) is 3.00. The third-order valence-electron chi connectivity index (χ3n) is 3.97. The van der Waals surface area contributed by atoms with Crippen LogP contribution in [0.2, 0.25) is 0 Å². The quantitative estimate of drug-likeness (QED) is 0.824. The Balaban J connectivity index is 1.72. The molecule has 1 fully saturated rings. The normalized spacial score (nSPS) is 23.1. The van der Waals surface area contributed by atoms with Crippen molar-refractivity contribution < 1.29 is 23.4 Å². The Morgan fingerprint density at radius 2 is 2.00 bits per heavy atom. The number of nitrogens with one attached hydrogen (secondary N) is 1. The second kappa shape index (κ2) is 7.26. The van der Waals surface area contributed by atoms with Gasteiger partial charge in [0.1, 0.15) is 18.1 Å². The van der Waals surface area contributed by atoms with E-state index in [0.717, 1.165) is 16.3 Å². The van der Waals surface area contributed by atoms with E-state index in [1.54, 1.807) is 12.1 Å². The molecule has 2 heterocycles. The number of aromatic nitrogens is 2. The van der Waals surface area contributed by atoms with Gasteiger partial charge in [-0.05, 0) is 17.7 Å². The molecule has 1 saturated heterocycles. The summed E-state index contributed by atoms with van der Waals surface area (Å²) in [6.45, 7) is -0.197. The van der Waals surface area contributed by atoms with Gasteiger partial charge in [0.25, 0.3) is 5.56 Å². The van der Waals surface area contributed by atoms with Crippen molar-refractivity contribution in [3.8, 4) is 0 Å². The summed E-state index contributed by atoms with van der Waals surface area (Å²) in [5.41, 5.74) is -1.19. The van der Waals surface area contributed by atoms with E-state index in [0.29, 0.717) is 0 Å². The molecule has 1 aromatic heterocycles. The van der Waals surface area contributed by atoms with Crippen molar-refractivity contribution in [1.29, 1.82) is 0 Å². The summed E-state index contributed by atoms with van der Waals surface area (Å²) in [7, 11) is 0. The Hall–Kier alpha value is -2.36. The van der Waals surface area contributed by atoms with E-state index in [-0.39, 0.29) is 25.5 Å². The maximum Gasteiger partial charge on any atom is 0.330 e. The molecule has 9 heteroatoms. The van der Waals surface area contributed by atoms with Gasteiger partial charge in [-0.1, -0.05) is 12.1 Å². The number of rotatable bonds is 5. The summed E-state index contributed by atoms with van der Waals surface area (Å²) in [5, 5.41) is 9.43. The van der Waals surface area contributed by atoms with Crippen molar-refractivity contribution >= 4 is 0 Å². The first-order chi connectivity index (χ1) is 12.0. The molecule has 25 heavy (non-hydrogen) atoms. The molecular weight excluding hydrogens is 338 g/mol. The van der Waals surface area contributed by atoms with Crippen LogP contribution in [0.15, 0.2) is 40.1 Å². The van der Waals surface area contributed by atoms with Gasteiger partial charge in [-0.3, -0.25) is 14.3 Å². The van der Waals surface area contributed by atoms with Gasteiger partial charge < -0.3 is 14.6 Å². The lowest BCUT2D eigenvalue weighted by atomic mass is 10.1. The van der Waals surface area contributed by atoms with Gasteiger partial charge in [0, 0.05) is 6.42 Å². The minimum absolute atomic E-state index is 0.159. The van der Waals surface area contributed by atoms with Crippen molar-refractivity contribution in [3.05, 3.63) is 68.5 Å². The zero-order valence-corrected chi connectivity index (χ0v) is 13.0. The van der Waals surface area contributed by atoms with E-state index < -0.39 is 35.5 Å². The first-order valence-corrected chi connectivity index (χ1v) is 7.61. The Labute approximate surface area is 140 Å². The van der Waals surface area contributed by atoms with Crippen LogP contribution in [0.4, 0.5) is 8.78 Å². The van der Waals surface area contributed by atoms with E-state index in [4.69, 9.17) is 9.47 Å². The third kappa shape index (κ3) is 3.84. The molecule has 2 N–H and O–H groups in total. The number of aliphatic hydroxyl groups excluding tert-OH is 1. The maximum absolute atomic E-state index is 13.4. The van der Waals surface area contributed by atoms with Gasteiger partial charge in [0.15, 0.2) is 0 Å². The summed E-state index contributed by atoms with van der Waals surface area (Å²) in [4.78, 5) is 24.8. The summed E-state index contributed by atoms with van der Waals surface area (Å²) in [6, 6.07) is 5.74. The molecule has 1 unspecified atom stereocenters. The van der Waals surface area contributed by atoms with E-state index in [1.807, 2.05) is 4.98 Å². The van der Waals surface area contributed by atoms with Crippen molar-refractivity contribution in [1.82, 2.24) is 9.55 Å². The van der Waals surface area contributed by atoms with Gasteiger partial charge in [0.2, 0.25) is 5.82 Å². The number of ether oxygens (including phenoxy) is 2. The van der Waals surface area contributed by atoms with Crippen molar-refractivity contribution in [2.45, 2.75) is 31.5 Å². The fourth-order valence-electron chi connectivity index (χ4n) is 2.67. The number of benzene rings is 1. The lowest BCUT2D eigenvalue weighted by molar-refractivity contribution is -0.0659. The monoisotopic (exact) mass is 354 g/mol. The number of H-pyrrole nitrogens is 1.